The minimum Gasteiger partial charge on any atom is -0.497 e. The Bertz CT molecular complexity index is 1090. The van der Waals surface area contributed by atoms with Crippen LogP contribution in [0.5, 0.6) is 17.2 Å². The molecule has 0 radical (unpaired) electrons. The Balaban J connectivity index is 1.56. The van der Waals surface area contributed by atoms with E-state index < -0.39 is 0 Å². The third-order valence-electron chi connectivity index (χ3n) is 10.3. The van der Waals surface area contributed by atoms with Gasteiger partial charge in [0.05, 0.1) is 14.2 Å². The lowest BCUT2D eigenvalue weighted by Gasteiger charge is -2.16. The monoisotopic (exact) mass is 693 g/mol. The highest BCUT2D eigenvalue weighted by Crippen LogP contribution is 2.34. The lowest BCUT2D eigenvalue weighted by Crippen LogP contribution is -2.10. The van der Waals surface area contributed by atoms with E-state index in [1.165, 1.54) is 152 Å². The number of rotatable bonds is 33. The largest absolute Gasteiger partial charge is 0.497 e. The van der Waals surface area contributed by atoms with Crippen LogP contribution < -0.4 is 14.2 Å². The maximum Gasteiger partial charge on any atom is 0.311 e. The highest BCUT2D eigenvalue weighted by Gasteiger charge is 2.16. The summed E-state index contributed by atoms with van der Waals surface area (Å²) in [6.45, 7) is 4.50. The Morgan fingerprint density at radius 2 is 0.880 bits per heavy atom. The molecule has 0 spiro atoms. The lowest BCUT2D eigenvalue weighted by atomic mass is 9.99. The summed E-state index contributed by atoms with van der Waals surface area (Å²) in [7, 11) is 3.47. The maximum atomic E-state index is 13.0. The Morgan fingerprint density at radius 1 is 0.460 bits per heavy atom. The normalized spacial score (nSPS) is 11.2. The van der Waals surface area contributed by atoms with Crippen molar-refractivity contribution in [3.8, 4) is 17.2 Å². The van der Waals surface area contributed by atoms with Crippen LogP contribution in [0.2, 0.25) is 0 Å². The van der Waals surface area contributed by atoms with Crippen molar-refractivity contribution in [3.63, 3.8) is 0 Å². The Labute approximate surface area is 308 Å². The molecule has 0 saturated carbocycles. The molecule has 0 aromatic heterocycles. The fraction of sp³-hybridized carbons (Fsp3) is 0.717. The van der Waals surface area contributed by atoms with Crippen LogP contribution in [0.4, 0.5) is 0 Å². The number of benzene rings is 2. The number of aryl methyl sites for hydroxylation is 2. The fourth-order valence-corrected chi connectivity index (χ4v) is 7.04. The van der Waals surface area contributed by atoms with E-state index in [1.54, 1.807) is 14.2 Å². The molecule has 0 fully saturated rings. The molecule has 0 aliphatic rings. The van der Waals surface area contributed by atoms with Gasteiger partial charge in [0.15, 0.2) is 0 Å². The second kappa shape index (κ2) is 30.2. The van der Waals surface area contributed by atoms with Gasteiger partial charge in [-0.3, -0.25) is 4.79 Å². The number of esters is 1. The summed E-state index contributed by atoms with van der Waals surface area (Å²) in [6, 6.07) is 12.8. The van der Waals surface area contributed by atoms with Crippen LogP contribution >= 0.6 is 0 Å². The molecule has 2 rings (SSSR count). The summed E-state index contributed by atoms with van der Waals surface area (Å²) in [4.78, 5) is 13.0. The molecule has 0 atom stereocenters. The van der Waals surface area contributed by atoms with Gasteiger partial charge in [-0.2, -0.15) is 0 Å². The summed E-state index contributed by atoms with van der Waals surface area (Å²) in [5, 5.41) is 0. The predicted molar refractivity (Wildman–Crippen MR) is 214 cm³/mol. The first-order valence-corrected chi connectivity index (χ1v) is 21.1. The van der Waals surface area contributed by atoms with Crippen molar-refractivity contribution in [1.29, 1.82) is 0 Å². The van der Waals surface area contributed by atoms with E-state index in [4.69, 9.17) is 14.2 Å². The van der Waals surface area contributed by atoms with Gasteiger partial charge in [0, 0.05) is 12.0 Å². The average molecular weight is 693 g/mol. The van der Waals surface area contributed by atoms with Crippen molar-refractivity contribution in [2.75, 3.05) is 14.2 Å². The molecule has 2 aromatic carbocycles. The van der Waals surface area contributed by atoms with Crippen molar-refractivity contribution in [3.05, 3.63) is 53.1 Å². The van der Waals surface area contributed by atoms with E-state index >= 15 is 0 Å². The summed E-state index contributed by atoms with van der Waals surface area (Å²) >= 11 is 0. The number of carbonyl (C=O) groups is 1. The first-order chi connectivity index (χ1) is 24.6. The molecule has 0 N–H and O–H groups in total. The summed E-state index contributed by atoms with van der Waals surface area (Å²) in [6.07, 6.45) is 35.5. The van der Waals surface area contributed by atoms with Crippen LogP contribution in [0.25, 0.3) is 0 Å². The molecule has 4 heteroatoms. The van der Waals surface area contributed by atoms with Crippen molar-refractivity contribution in [1.82, 2.24) is 0 Å². The van der Waals surface area contributed by atoms with Gasteiger partial charge < -0.3 is 14.2 Å². The summed E-state index contributed by atoms with van der Waals surface area (Å²) < 4.78 is 17.2. The number of hydrogen-bond donors (Lipinski definition) is 0. The molecule has 4 nitrogen and oxygen atoms in total. The summed E-state index contributed by atoms with van der Waals surface area (Å²) in [5.74, 6) is 2.49. The standard InChI is InChI=1S/C46H76O4/c1-5-7-9-10-11-21-24-28-32-43-44(49-4)38-41(31-26-8-6-2)39-45(43)50-46(47)33-29-25-22-19-17-15-13-12-14-16-18-20-23-27-30-40-34-36-42(48-3)37-35-40/h34-39H,5-33H2,1-4H3. The number of unbranched alkanes of at least 4 members (excludes halogenated alkanes) is 22. The number of hydrogen-bond acceptors (Lipinski definition) is 4. The van der Waals surface area contributed by atoms with Gasteiger partial charge in [-0.05, 0) is 80.3 Å². The molecule has 0 heterocycles. The minimum atomic E-state index is -0.0906. The van der Waals surface area contributed by atoms with Gasteiger partial charge in [0.1, 0.15) is 17.2 Å². The first-order valence-electron chi connectivity index (χ1n) is 21.1. The van der Waals surface area contributed by atoms with Crippen LogP contribution in [0.1, 0.15) is 197 Å². The molecular formula is C46H76O4. The van der Waals surface area contributed by atoms with Crippen molar-refractivity contribution in [2.24, 2.45) is 0 Å². The molecule has 0 saturated heterocycles. The smallest absolute Gasteiger partial charge is 0.311 e. The molecule has 0 amide bonds. The fourth-order valence-electron chi connectivity index (χ4n) is 7.04. The first kappa shape index (κ1) is 43.7. The molecule has 0 bridgehead atoms. The Hall–Kier alpha value is -2.49. The highest BCUT2D eigenvalue weighted by molar-refractivity contribution is 5.73. The molecular weight excluding hydrogens is 617 g/mol. The zero-order valence-electron chi connectivity index (χ0n) is 33.1. The van der Waals surface area contributed by atoms with Crippen LogP contribution in [0, 0.1) is 0 Å². The summed E-state index contributed by atoms with van der Waals surface area (Å²) in [5.41, 5.74) is 3.71. The van der Waals surface area contributed by atoms with E-state index in [9.17, 15) is 4.79 Å². The van der Waals surface area contributed by atoms with Gasteiger partial charge >= 0.3 is 5.97 Å². The molecule has 2 aromatic rings. The zero-order valence-corrected chi connectivity index (χ0v) is 33.1. The van der Waals surface area contributed by atoms with Gasteiger partial charge in [0.25, 0.3) is 0 Å². The van der Waals surface area contributed by atoms with E-state index in [0.717, 1.165) is 61.3 Å². The Morgan fingerprint density at radius 3 is 1.40 bits per heavy atom. The number of carbonyl (C=O) groups excluding carboxylic acids is 1. The SMILES string of the molecule is CCCCCCCCCCc1c(OC)cc(CCCCC)cc1OC(=O)CCCCCCCCCCCCCCCCc1ccc(OC)cc1. The molecule has 0 unspecified atom stereocenters. The average Bonchev–Trinajstić information content (AvgIpc) is 3.13. The minimum absolute atomic E-state index is 0.0906. The van der Waals surface area contributed by atoms with Crippen molar-refractivity contribution >= 4 is 5.97 Å². The lowest BCUT2D eigenvalue weighted by molar-refractivity contribution is -0.134. The van der Waals surface area contributed by atoms with Gasteiger partial charge in [0.2, 0.25) is 0 Å². The van der Waals surface area contributed by atoms with Crippen LogP contribution in [0.15, 0.2) is 36.4 Å². The highest BCUT2D eigenvalue weighted by atomic mass is 16.5. The van der Waals surface area contributed by atoms with E-state index in [2.05, 4.69) is 50.2 Å². The zero-order chi connectivity index (χ0) is 35.9. The third-order valence-corrected chi connectivity index (χ3v) is 10.3. The van der Waals surface area contributed by atoms with Crippen molar-refractivity contribution < 1.29 is 19.0 Å². The van der Waals surface area contributed by atoms with E-state index in [1.807, 2.05) is 0 Å². The van der Waals surface area contributed by atoms with Gasteiger partial charge in [-0.1, -0.05) is 161 Å². The predicted octanol–water partition coefficient (Wildman–Crippen LogP) is 14.1. The second-order valence-electron chi connectivity index (χ2n) is 14.7. The van der Waals surface area contributed by atoms with Gasteiger partial charge in [-0.15, -0.1) is 0 Å². The van der Waals surface area contributed by atoms with Crippen LogP contribution in [-0.2, 0) is 24.1 Å². The molecule has 50 heavy (non-hydrogen) atoms. The van der Waals surface area contributed by atoms with Crippen molar-refractivity contribution in [2.45, 2.75) is 200 Å². The quantitative estimate of drug-likeness (QED) is 0.0424. The Kier molecular flexibility index (Phi) is 26.3. The number of methoxy groups -OCH3 is 2. The maximum absolute atomic E-state index is 13.0. The van der Waals surface area contributed by atoms with Crippen LogP contribution in [-0.4, -0.2) is 20.2 Å². The van der Waals surface area contributed by atoms with Crippen LogP contribution in [0.3, 0.4) is 0 Å². The van der Waals surface area contributed by atoms with Gasteiger partial charge in [-0.25, -0.2) is 0 Å². The molecule has 284 valence electrons. The van der Waals surface area contributed by atoms with E-state index in [-0.39, 0.29) is 5.97 Å². The topological polar surface area (TPSA) is 44.8 Å². The second-order valence-corrected chi connectivity index (χ2v) is 14.7. The molecule has 0 aliphatic carbocycles. The molecule has 0 aliphatic heterocycles. The number of ether oxygens (including phenoxy) is 3. The third kappa shape index (κ3) is 21.0. The van der Waals surface area contributed by atoms with E-state index in [0.29, 0.717) is 6.42 Å².